The molecule has 0 fully saturated rings. The number of carboxylic acids is 1. The molecule has 0 aromatic heterocycles. The molecular formula is C26H24N2O4. The van der Waals surface area contributed by atoms with Crippen LogP contribution in [0.2, 0.25) is 0 Å². The van der Waals surface area contributed by atoms with E-state index in [-0.39, 0.29) is 6.42 Å². The molecule has 0 heterocycles. The summed E-state index contributed by atoms with van der Waals surface area (Å²) in [4.78, 5) is 23.8. The fourth-order valence-corrected chi connectivity index (χ4v) is 3.78. The Hall–Kier alpha value is -3.74. The van der Waals surface area contributed by atoms with E-state index in [1.165, 1.54) is 0 Å². The monoisotopic (exact) mass is 428 g/mol. The molecule has 0 spiro atoms. The highest BCUT2D eigenvalue weighted by molar-refractivity contribution is 5.89. The molecule has 4 rings (SSSR count). The predicted octanol–water partition coefficient (Wildman–Crippen LogP) is 3.42. The first-order valence-corrected chi connectivity index (χ1v) is 10.4. The van der Waals surface area contributed by atoms with E-state index in [0.29, 0.717) is 12.2 Å². The molecule has 162 valence electrons. The molecule has 5 N–H and O–H groups in total. The number of ether oxygens (including phenoxy) is 1. The van der Waals surface area contributed by atoms with Crippen molar-refractivity contribution < 1.29 is 19.4 Å². The number of esters is 1. The van der Waals surface area contributed by atoms with Crippen molar-refractivity contribution in [2.75, 3.05) is 0 Å². The number of nitrogens with two attached hydrogens (primary N) is 2. The van der Waals surface area contributed by atoms with Gasteiger partial charge < -0.3 is 21.3 Å². The van der Waals surface area contributed by atoms with Gasteiger partial charge in [-0.05, 0) is 57.6 Å². The van der Waals surface area contributed by atoms with Crippen LogP contribution in [-0.4, -0.2) is 29.1 Å². The number of carboxylic acid groups (broad SMARTS) is 1. The van der Waals surface area contributed by atoms with Crippen molar-refractivity contribution in [2.24, 2.45) is 11.5 Å². The van der Waals surface area contributed by atoms with Crippen LogP contribution in [0, 0.1) is 0 Å². The number of aliphatic carboxylic acids is 1. The van der Waals surface area contributed by atoms with Crippen molar-refractivity contribution in [1.82, 2.24) is 0 Å². The maximum atomic E-state index is 12.6. The van der Waals surface area contributed by atoms with Gasteiger partial charge in [-0.2, -0.15) is 0 Å². The molecule has 0 unspecified atom stereocenters. The van der Waals surface area contributed by atoms with Gasteiger partial charge in [-0.25, -0.2) is 4.79 Å². The van der Waals surface area contributed by atoms with Crippen LogP contribution in [0.1, 0.15) is 11.1 Å². The molecule has 4 aromatic carbocycles. The zero-order valence-electron chi connectivity index (χ0n) is 17.4. The summed E-state index contributed by atoms with van der Waals surface area (Å²) in [6, 6.07) is 23.0. The van der Waals surface area contributed by atoms with E-state index in [1.807, 2.05) is 66.7 Å². The minimum Gasteiger partial charge on any atom is -0.480 e. The van der Waals surface area contributed by atoms with Crippen LogP contribution >= 0.6 is 0 Å². The quantitative estimate of drug-likeness (QED) is 0.307. The van der Waals surface area contributed by atoms with E-state index in [9.17, 15) is 9.59 Å². The van der Waals surface area contributed by atoms with Gasteiger partial charge in [-0.15, -0.1) is 0 Å². The summed E-state index contributed by atoms with van der Waals surface area (Å²) in [5.41, 5.74) is 13.6. The summed E-state index contributed by atoms with van der Waals surface area (Å²) in [6.07, 6.45) is 0.529. The smallest absolute Gasteiger partial charge is 0.328 e. The number of hydrogen-bond acceptors (Lipinski definition) is 5. The Morgan fingerprint density at radius 3 is 2.28 bits per heavy atom. The van der Waals surface area contributed by atoms with Crippen molar-refractivity contribution in [2.45, 2.75) is 24.9 Å². The van der Waals surface area contributed by atoms with E-state index in [2.05, 4.69) is 0 Å². The fraction of sp³-hybridized carbons (Fsp3) is 0.154. The first kappa shape index (κ1) is 21.5. The highest BCUT2D eigenvalue weighted by atomic mass is 16.5. The van der Waals surface area contributed by atoms with Crippen LogP contribution in [0.25, 0.3) is 21.5 Å². The summed E-state index contributed by atoms with van der Waals surface area (Å²) < 4.78 is 5.54. The molecule has 0 aliphatic rings. The van der Waals surface area contributed by atoms with E-state index in [1.54, 1.807) is 12.1 Å². The number of hydrogen-bond donors (Lipinski definition) is 3. The Morgan fingerprint density at radius 1 is 0.781 bits per heavy atom. The second-order valence-electron chi connectivity index (χ2n) is 7.86. The Kier molecular flexibility index (Phi) is 6.16. The van der Waals surface area contributed by atoms with Gasteiger partial charge in [0.25, 0.3) is 0 Å². The number of carbonyl (C=O) groups excluding carboxylic acids is 1. The van der Waals surface area contributed by atoms with Crippen LogP contribution in [0.3, 0.4) is 0 Å². The largest absolute Gasteiger partial charge is 0.480 e. The van der Waals surface area contributed by atoms with Gasteiger partial charge in [-0.1, -0.05) is 66.7 Å². The highest BCUT2D eigenvalue weighted by Gasteiger charge is 2.18. The fourth-order valence-electron chi connectivity index (χ4n) is 3.78. The average Bonchev–Trinajstić information content (AvgIpc) is 2.79. The molecule has 32 heavy (non-hydrogen) atoms. The van der Waals surface area contributed by atoms with E-state index in [4.69, 9.17) is 21.3 Å². The minimum absolute atomic E-state index is 0.172. The molecule has 0 bridgehead atoms. The third-order valence-electron chi connectivity index (χ3n) is 5.49. The zero-order valence-corrected chi connectivity index (χ0v) is 17.4. The minimum atomic E-state index is -1.07. The summed E-state index contributed by atoms with van der Waals surface area (Å²) in [6.45, 7) is 0. The second-order valence-corrected chi connectivity index (χ2v) is 7.86. The molecule has 4 aromatic rings. The van der Waals surface area contributed by atoms with Gasteiger partial charge >= 0.3 is 11.9 Å². The Balaban J connectivity index is 1.50. The third-order valence-corrected chi connectivity index (χ3v) is 5.49. The van der Waals surface area contributed by atoms with Crippen molar-refractivity contribution in [3.05, 3.63) is 90.0 Å². The third kappa shape index (κ3) is 4.77. The van der Waals surface area contributed by atoms with Gasteiger partial charge in [0.15, 0.2) is 0 Å². The lowest BCUT2D eigenvalue weighted by Crippen LogP contribution is -2.36. The first-order chi connectivity index (χ1) is 15.4. The molecule has 6 nitrogen and oxygen atoms in total. The maximum Gasteiger partial charge on any atom is 0.328 e. The van der Waals surface area contributed by atoms with Crippen LogP contribution in [-0.2, 0) is 22.4 Å². The van der Waals surface area contributed by atoms with E-state index >= 15 is 0 Å². The lowest BCUT2D eigenvalue weighted by molar-refractivity contribution is -0.138. The molecule has 0 aliphatic heterocycles. The average molecular weight is 428 g/mol. The summed E-state index contributed by atoms with van der Waals surface area (Å²) >= 11 is 0. The number of benzene rings is 4. The molecule has 6 heteroatoms. The van der Waals surface area contributed by atoms with Crippen molar-refractivity contribution in [1.29, 1.82) is 0 Å². The second kappa shape index (κ2) is 9.18. The summed E-state index contributed by atoms with van der Waals surface area (Å²) in [5.74, 6) is -1.24. The zero-order chi connectivity index (χ0) is 22.7. The molecule has 0 saturated carbocycles. The number of carbonyl (C=O) groups is 2. The van der Waals surface area contributed by atoms with Crippen LogP contribution in [0.5, 0.6) is 5.75 Å². The molecular weight excluding hydrogens is 404 g/mol. The topological polar surface area (TPSA) is 116 Å². The lowest BCUT2D eigenvalue weighted by Gasteiger charge is -2.14. The van der Waals surface area contributed by atoms with Crippen molar-refractivity contribution in [3.8, 4) is 5.75 Å². The van der Waals surface area contributed by atoms with E-state index in [0.717, 1.165) is 32.7 Å². The number of rotatable bonds is 7. The lowest BCUT2D eigenvalue weighted by atomic mass is 9.99. The first-order valence-electron chi connectivity index (χ1n) is 10.4. The SMILES string of the molecule is N[C@@H](Cc1cccc2ccc(OC(=O)[C@@H](N)Cc3ccc4ccccc4c3)cc12)C(=O)O. The Morgan fingerprint density at radius 2 is 1.50 bits per heavy atom. The predicted molar refractivity (Wildman–Crippen MR) is 125 cm³/mol. The van der Waals surface area contributed by atoms with Gasteiger partial charge in [-0.3, -0.25) is 4.79 Å². The van der Waals surface area contributed by atoms with Crippen molar-refractivity contribution >= 4 is 33.5 Å². The van der Waals surface area contributed by atoms with Gasteiger partial charge in [0.1, 0.15) is 17.8 Å². The standard InChI is InChI=1S/C26H24N2O4/c27-23(25(29)30)14-20-7-3-6-18-10-11-21(15-22(18)20)32-26(31)24(28)13-16-8-9-17-4-1-2-5-19(17)12-16/h1-12,15,23-24H,13-14,27-28H2,(H,29,30)/t23-,24-/m0/s1. The normalized spacial score (nSPS) is 13.1. The number of fused-ring (bicyclic) bond motifs is 2. The molecule has 0 saturated heterocycles. The van der Waals surface area contributed by atoms with Gasteiger partial charge in [0.05, 0.1) is 0 Å². The summed E-state index contributed by atoms with van der Waals surface area (Å²) in [5, 5.41) is 13.0. The van der Waals surface area contributed by atoms with Crippen LogP contribution in [0.4, 0.5) is 0 Å². The van der Waals surface area contributed by atoms with Gasteiger partial charge in [0.2, 0.25) is 0 Å². The molecule has 2 atom stereocenters. The maximum absolute atomic E-state index is 12.6. The Bertz CT molecular complexity index is 1300. The molecule has 0 amide bonds. The Labute approximate surface area is 185 Å². The highest BCUT2D eigenvalue weighted by Crippen LogP contribution is 2.25. The van der Waals surface area contributed by atoms with Crippen molar-refractivity contribution in [3.63, 3.8) is 0 Å². The van der Waals surface area contributed by atoms with Crippen LogP contribution in [0.15, 0.2) is 78.9 Å². The molecule has 0 radical (unpaired) electrons. The molecule has 0 aliphatic carbocycles. The summed E-state index contributed by atoms with van der Waals surface area (Å²) in [7, 11) is 0. The van der Waals surface area contributed by atoms with Gasteiger partial charge in [0, 0.05) is 0 Å². The van der Waals surface area contributed by atoms with Crippen LogP contribution < -0.4 is 16.2 Å². The van der Waals surface area contributed by atoms with E-state index < -0.39 is 24.0 Å².